The number of pyridine rings is 1. The molecule has 158 valence electrons. The third-order valence-corrected chi connectivity index (χ3v) is 6.55. The fourth-order valence-corrected chi connectivity index (χ4v) is 4.77. The summed E-state index contributed by atoms with van der Waals surface area (Å²) in [6, 6.07) is 2.00. The molecule has 1 aliphatic carbocycles. The molecule has 0 spiro atoms. The van der Waals surface area contributed by atoms with Gasteiger partial charge in [-0.25, -0.2) is 9.97 Å². The molecule has 4 aromatic rings. The molecule has 4 aromatic heterocycles. The van der Waals surface area contributed by atoms with Gasteiger partial charge in [-0.1, -0.05) is 11.3 Å². The van der Waals surface area contributed by atoms with Gasteiger partial charge in [0.15, 0.2) is 22.2 Å². The molecule has 0 bridgehead atoms. The molecule has 0 aromatic carbocycles. The summed E-state index contributed by atoms with van der Waals surface area (Å²) in [6.45, 7) is 3.01. The maximum absolute atomic E-state index is 12.2. The number of morpholine rings is 1. The minimum absolute atomic E-state index is 0.0946. The van der Waals surface area contributed by atoms with Crippen molar-refractivity contribution in [3.63, 3.8) is 0 Å². The molecule has 10 nitrogen and oxygen atoms in total. The summed E-state index contributed by atoms with van der Waals surface area (Å²) >= 11 is 1.58. The van der Waals surface area contributed by atoms with Gasteiger partial charge in [-0.2, -0.15) is 10.1 Å². The number of amides is 1. The highest BCUT2D eigenvalue weighted by Crippen LogP contribution is 2.46. The third-order valence-electron chi connectivity index (χ3n) is 5.50. The van der Waals surface area contributed by atoms with Crippen LogP contribution in [0, 0.1) is 0 Å². The Hall–Kier alpha value is -3.31. The number of nitrogens with two attached hydrogens (primary N) is 1. The first-order valence-corrected chi connectivity index (χ1v) is 10.9. The molecule has 1 saturated carbocycles. The lowest BCUT2D eigenvalue weighted by Crippen LogP contribution is -2.36. The standard InChI is InChI=1S/C20H19N7O3S/c21-17(28)15-16(30-19(25-15)11-8-22-23-9-11)12-7-13-18(24-14(12)10-1-2-10)26-20(31-13)27-3-5-29-6-4-27/h7-10H,1-6H2,(H2,21,28)(H,22,23). The normalized spacial score (nSPS) is 16.8. The Morgan fingerprint density at radius 3 is 2.77 bits per heavy atom. The molecule has 1 aliphatic heterocycles. The summed E-state index contributed by atoms with van der Waals surface area (Å²) < 4.78 is 12.4. The molecule has 5 heterocycles. The number of rotatable bonds is 5. The first kappa shape index (κ1) is 18.5. The van der Waals surface area contributed by atoms with Crippen LogP contribution in [-0.2, 0) is 4.74 Å². The van der Waals surface area contributed by atoms with Gasteiger partial charge in [0.1, 0.15) is 0 Å². The summed E-state index contributed by atoms with van der Waals surface area (Å²) in [7, 11) is 0. The Bertz CT molecular complexity index is 1270. The minimum atomic E-state index is -0.645. The third kappa shape index (κ3) is 3.26. The van der Waals surface area contributed by atoms with E-state index in [2.05, 4.69) is 20.1 Å². The van der Waals surface area contributed by atoms with Crippen molar-refractivity contribution >= 4 is 32.7 Å². The van der Waals surface area contributed by atoms with E-state index in [1.807, 2.05) is 6.07 Å². The van der Waals surface area contributed by atoms with Crippen molar-refractivity contribution in [3.05, 3.63) is 29.8 Å². The molecular weight excluding hydrogens is 418 g/mol. The van der Waals surface area contributed by atoms with Gasteiger partial charge in [0, 0.05) is 30.8 Å². The SMILES string of the molecule is NC(=O)c1nc(-c2cn[nH]c2)oc1-c1cc2sc(N3CCOCC3)nc2nc1C1CC1. The Kier molecular flexibility index (Phi) is 4.25. The molecule has 2 aliphatic rings. The van der Waals surface area contributed by atoms with Crippen LogP contribution in [0.3, 0.4) is 0 Å². The summed E-state index contributed by atoms with van der Waals surface area (Å²) in [5.41, 5.74) is 8.72. The molecule has 11 heteroatoms. The van der Waals surface area contributed by atoms with Gasteiger partial charge in [-0.15, -0.1) is 0 Å². The van der Waals surface area contributed by atoms with Crippen molar-refractivity contribution in [2.45, 2.75) is 18.8 Å². The average molecular weight is 437 g/mol. The van der Waals surface area contributed by atoms with Gasteiger partial charge < -0.3 is 19.8 Å². The van der Waals surface area contributed by atoms with Crippen molar-refractivity contribution in [2.75, 3.05) is 31.2 Å². The van der Waals surface area contributed by atoms with Gasteiger partial charge in [0.2, 0.25) is 5.89 Å². The second-order valence-corrected chi connectivity index (χ2v) is 8.67. The summed E-state index contributed by atoms with van der Waals surface area (Å²) in [6.07, 6.45) is 5.32. The van der Waals surface area contributed by atoms with Crippen LogP contribution in [0.15, 0.2) is 22.9 Å². The van der Waals surface area contributed by atoms with E-state index in [0.29, 0.717) is 36.1 Å². The average Bonchev–Trinajstić information content (AvgIpc) is 3.19. The Morgan fingerprint density at radius 2 is 2.06 bits per heavy atom. The Balaban J connectivity index is 1.50. The monoisotopic (exact) mass is 437 g/mol. The minimum Gasteiger partial charge on any atom is -0.435 e. The Morgan fingerprint density at radius 1 is 1.23 bits per heavy atom. The number of aromatic nitrogens is 5. The van der Waals surface area contributed by atoms with Gasteiger partial charge >= 0.3 is 0 Å². The second-order valence-electron chi connectivity index (χ2n) is 7.66. The summed E-state index contributed by atoms with van der Waals surface area (Å²) in [4.78, 5) is 28.4. The maximum atomic E-state index is 12.2. The zero-order valence-corrected chi connectivity index (χ0v) is 17.3. The highest BCUT2D eigenvalue weighted by molar-refractivity contribution is 7.22. The summed E-state index contributed by atoms with van der Waals surface area (Å²) in [5.74, 6) is 0.309. The van der Waals surface area contributed by atoms with Crippen LogP contribution in [0.25, 0.3) is 33.1 Å². The highest BCUT2D eigenvalue weighted by Gasteiger charge is 2.33. The number of hydrogen-bond donors (Lipinski definition) is 2. The van der Waals surface area contributed by atoms with Crippen LogP contribution < -0.4 is 10.6 Å². The fraction of sp³-hybridized carbons (Fsp3) is 0.350. The van der Waals surface area contributed by atoms with E-state index in [1.165, 1.54) is 0 Å². The zero-order chi connectivity index (χ0) is 20.9. The van der Waals surface area contributed by atoms with E-state index in [1.54, 1.807) is 23.7 Å². The quantitative estimate of drug-likeness (QED) is 0.486. The van der Waals surface area contributed by atoms with Crippen LogP contribution in [0.2, 0.25) is 0 Å². The number of carbonyl (C=O) groups is 1. The number of fused-ring (bicyclic) bond motifs is 1. The van der Waals surface area contributed by atoms with E-state index < -0.39 is 5.91 Å². The molecule has 2 fully saturated rings. The van der Waals surface area contributed by atoms with Gasteiger partial charge in [-0.3, -0.25) is 9.89 Å². The first-order valence-electron chi connectivity index (χ1n) is 10.1. The number of aromatic amines is 1. The lowest BCUT2D eigenvalue weighted by molar-refractivity contribution is 0.0996. The first-order chi connectivity index (χ1) is 15.2. The van der Waals surface area contributed by atoms with Gasteiger partial charge in [-0.05, 0) is 18.9 Å². The topological polar surface area (TPSA) is 136 Å². The van der Waals surface area contributed by atoms with Crippen LogP contribution in [0.5, 0.6) is 0 Å². The smallest absolute Gasteiger partial charge is 0.271 e. The number of ether oxygens (including phenoxy) is 1. The molecule has 31 heavy (non-hydrogen) atoms. The van der Waals surface area contributed by atoms with E-state index >= 15 is 0 Å². The number of oxazole rings is 1. The molecule has 1 amide bonds. The number of hydrogen-bond acceptors (Lipinski definition) is 9. The lowest BCUT2D eigenvalue weighted by Gasteiger charge is -2.25. The van der Waals surface area contributed by atoms with Crippen LogP contribution in [0.4, 0.5) is 5.13 Å². The van der Waals surface area contributed by atoms with Crippen LogP contribution in [0.1, 0.15) is 34.9 Å². The van der Waals surface area contributed by atoms with Crippen molar-refractivity contribution in [3.8, 4) is 22.8 Å². The molecule has 0 unspecified atom stereocenters. The number of nitrogens with one attached hydrogen (secondary N) is 1. The van der Waals surface area contributed by atoms with Crippen LogP contribution >= 0.6 is 11.3 Å². The molecule has 6 rings (SSSR count). The molecule has 0 atom stereocenters. The largest absolute Gasteiger partial charge is 0.435 e. The molecular formula is C20H19N7O3S. The van der Waals surface area contributed by atoms with Crippen molar-refractivity contribution in [1.29, 1.82) is 0 Å². The van der Waals surface area contributed by atoms with E-state index in [4.69, 9.17) is 24.9 Å². The zero-order valence-electron chi connectivity index (χ0n) is 16.5. The predicted octanol–water partition coefficient (Wildman–Crippen LogP) is 2.55. The molecule has 3 N–H and O–H groups in total. The van der Waals surface area contributed by atoms with Crippen molar-refractivity contribution < 1.29 is 13.9 Å². The lowest BCUT2D eigenvalue weighted by atomic mass is 10.1. The van der Waals surface area contributed by atoms with E-state index in [-0.39, 0.29) is 11.6 Å². The van der Waals surface area contributed by atoms with Crippen molar-refractivity contribution in [1.82, 2.24) is 25.1 Å². The molecule has 1 saturated heterocycles. The van der Waals surface area contributed by atoms with Gasteiger partial charge in [0.05, 0.1) is 35.4 Å². The van der Waals surface area contributed by atoms with E-state index in [9.17, 15) is 4.79 Å². The maximum Gasteiger partial charge on any atom is 0.271 e. The van der Waals surface area contributed by atoms with Crippen LogP contribution in [-0.4, -0.2) is 57.4 Å². The van der Waals surface area contributed by atoms with Gasteiger partial charge in [0.25, 0.3) is 5.91 Å². The predicted molar refractivity (Wildman–Crippen MR) is 114 cm³/mol. The number of H-pyrrole nitrogens is 1. The van der Waals surface area contributed by atoms with E-state index in [0.717, 1.165) is 47.0 Å². The highest BCUT2D eigenvalue weighted by atomic mass is 32.1. The number of primary amides is 1. The number of carbonyl (C=O) groups excluding carboxylic acids is 1. The fourth-order valence-electron chi connectivity index (χ4n) is 3.77. The number of anilines is 1. The summed E-state index contributed by atoms with van der Waals surface area (Å²) in [5, 5.41) is 7.58. The molecule has 0 radical (unpaired) electrons. The number of nitrogens with zero attached hydrogens (tertiary/aromatic N) is 5. The second kappa shape index (κ2) is 7.13. The van der Waals surface area contributed by atoms with Crippen molar-refractivity contribution in [2.24, 2.45) is 5.73 Å². The Labute approximate surface area is 180 Å². The number of thiazole rings is 1.